The molecule has 3 rings (SSSR count). The zero-order chi connectivity index (χ0) is 21.3. The van der Waals surface area contributed by atoms with Crippen LogP contribution in [-0.2, 0) is 9.59 Å². The number of benzene rings is 1. The van der Waals surface area contributed by atoms with Crippen LogP contribution in [0, 0.1) is 11.7 Å². The van der Waals surface area contributed by atoms with Gasteiger partial charge in [-0.2, -0.15) is 0 Å². The van der Waals surface area contributed by atoms with Gasteiger partial charge < -0.3 is 15.0 Å². The van der Waals surface area contributed by atoms with Gasteiger partial charge in [-0.05, 0) is 49.8 Å². The fourth-order valence-corrected chi connectivity index (χ4v) is 4.32. The molecule has 2 aliphatic rings. The number of halogens is 2. The number of likely N-dealkylation sites (tertiary alicyclic amines) is 1. The number of carbonyl (C=O) groups is 3. The van der Waals surface area contributed by atoms with Crippen LogP contribution in [0.15, 0.2) is 12.1 Å². The first-order chi connectivity index (χ1) is 13.6. The highest BCUT2D eigenvalue weighted by molar-refractivity contribution is 6.32. The van der Waals surface area contributed by atoms with Gasteiger partial charge in [-0.3, -0.25) is 14.9 Å². The van der Waals surface area contributed by atoms with Crippen molar-refractivity contribution in [3.8, 4) is 5.75 Å². The monoisotopic (exact) mass is 425 g/mol. The van der Waals surface area contributed by atoms with E-state index in [2.05, 4.69) is 10.6 Å². The van der Waals surface area contributed by atoms with E-state index in [0.29, 0.717) is 31.7 Å². The molecule has 0 saturated carbocycles. The van der Waals surface area contributed by atoms with Crippen LogP contribution < -0.4 is 15.4 Å². The summed E-state index contributed by atoms with van der Waals surface area (Å²) in [6.45, 7) is 4.45. The Morgan fingerprint density at radius 1 is 1.38 bits per heavy atom. The predicted molar refractivity (Wildman–Crippen MR) is 105 cm³/mol. The summed E-state index contributed by atoms with van der Waals surface area (Å²) < 4.78 is 19.2. The Kier molecular flexibility index (Phi) is 6.03. The topological polar surface area (TPSA) is 87.7 Å². The number of nitrogens with zero attached hydrogens (tertiary/aromatic N) is 1. The van der Waals surface area contributed by atoms with Crippen molar-refractivity contribution in [3.05, 3.63) is 28.5 Å². The van der Waals surface area contributed by atoms with Gasteiger partial charge in [0.05, 0.1) is 7.11 Å². The van der Waals surface area contributed by atoms with Gasteiger partial charge in [-0.25, -0.2) is 9.18 Å². The molecular formula is C20H25ClFN3O4. The third kappa shape index (κ3) is 4.32. The number of nitrogens with one attached hydrogen (secondary N) is 2. The Bertz CT molecular complexity index is 841. The number of imide groups is 1. The van der Waals surface area contributed by atoms with Gasteiger partial charge in [0.1, 0.15) is 22.1 Å². The van der Waals surface area contributed by atoms with Crippen LogP contribution >= 0.6 is 11.6 Å². The maximum atomic E-state index is 14.0. The standard InChI is InChI=1S/C20H25ClFN3O4/c1-11(10-20(2)18(27)23-19(28)24-20)17(26)25-6-4-12(5-7-25)13-8-14(22)16(21)15(9-13)29-3/h8-9,11-12H,4-7,10H2,1-3H3,(H2,23,24,27,28)/t11-,20-/m1/s1. The van der Waals surface area contributed by atoms with Crippen LogP contribution in [-0.4, -0.2) is 48.5 Å². The van der Waals surface area contributed by atoms with E-state index < -0.39 is 29.2 Å². The zero-order valence-corrected chi connectivity index (χ0v) is 17.4. The number of hydrogen-bond donors (Lipinski definition) is 2. The number of carbonyl (C=O) groups excluding carboxylic acids is 3. The van der Waals surface area contributed by atoms with E-state index in [1.807, 2.05) is 0 Å². The molecule has 1 aromatic carbocycles. The fraction of sp³-hybridized carbons (Fsp3) is 0.550. The molecule has 2 saturated heterocycles. The Morgan fingerprint density at radius 2 is 2.03 bits per heavy atom. The van der Waals surface area contributed by atoms with Crippen molar-refractivity contribution in [2.75, 3.05) is 20.2 Å². The molecule has 29 heavy (non-hydrogen) atoms. The Morgan fingerprint density at radius 3 is 2.59 bits per heavy atom. The van der Waals surface area contributed by atoms with E-state index in [9.17, 15) is 18.8 Å². The molecule has 9 heteroatoms. The van der Waals surface area contributed by atoms with E-state index in [-0.39, 0.29) is 23.3 Å². The molecule has 0 radical (unpaired) electrons. The van der Waals surface area contributed by atoms with Crippen molar-refractivity contribution in [3.63, 3.8) is 0 Å². The van der Waals surface area contributed by atoms with Crippen molar-refractivity contribution in [1.82, 2.24) is 15.5 Å². The summed E-state index contributed by atoms with van der Waals surface area (Å²) in [7, 11) is 1.45. The Labute approximate surface area is 173 Å². The second-order valence-corrected chi connectivity index (χ2v) is 8.34. The number of methoxy groups -OCH3 is 1. The van der Waals surface area contributed by atoms with Gasteiger partial charge in [-0.1, -0.05) is 18.5 Å². The molecule has 2 atom stereocenters. The molecule has 0 bridgehead atoms. The van der Waals surface area contributed by atoms with E-state index in [0.717, 1.165) is 5.56 Å². The molecule has 0 aliphatic carbocycles. The summed E-state index contributed by atoms with van der Waals surface area (Å²) in [4.78, 5) is 38.0. The SMILES string of the molecule is COc1cc(C2CCN(C(=O)[C@H](C)C[C@@]3(C)NC(=O)NC3=O)CC2)cc(F)c1Cl. The number of amides is 4. The number of rotatable bonds is 5. The molecule has 158 valence electrons. The van der Waals surface area contributed by atoms with Crippen molar-refractivity contribution < 1.29 is 23.5 Å². The number of piperidine rings is 1. The largest absolute Gasteiger partial charge is 0.495 e. The highest BCUT2D eigenvalue weighted by Crippen LogP contribution is 2.36. The smallest absolute Gasteiger partial charge is 0.322 e. The van der Waals surface area contributed by atoms with Gasteiger partial charge in [0, 0.05) is 19.0 Å². The maximum absolute atomic E-state index is 14.0. The number of ether oxygens (including phenoxy) is 1. The first kappa shape index (κ1) is 21.4. The minimum atomic E-state index is -1.08. The molecule has 2 N–H and O–H groups in total. The average molecular weight is 426 g/mol. The number of urea groups is 1. The van der Waals surface area contributed by atoms with Crippen LogP contribution in [0.25, 0.3) is 0 Å². The first-order valence-corrected chi connectivity index (χ1v) is 9.97. The van der Waals surface area contributed by atoms with E-state index in [1.165, 1.54) is 13.2 Å². The predicted octanol–water partition coefficient (Wildman–Crippen LogP) is 2.82. The Hall–Kier alpha value is -2.35. The van der Waals surface area contributed by atoms with Gasteiger partial charge in [0.2, 0.25) is 5.91 Å². The lowest BCUT2D eigenvalue weighted by atomic mass is 9.86. The van der Waals surface area contributed by atoms with Crippen LogP contribution in [0.4, 0.5) is 9.18 Å². The van der Waals surface area contributed by atoms with Gasteiger partial charge >= 0.3 is 6.03 Å². The third-order valence-electron chi connectivity index (χ3n) is 5.77. The van der Waals surface area contributed by atoms with Crippen molar-refractivity contribution >= 4 is 29.4 Å². The lowest BCUT2D eigenvalue weighted by Crippen LogP contribution is -2.48. The highest BCUT2D eigenvalue weighted by Gasteiger charge is 2.44. The lowest BCUT2D eigenvalue weighted by Gasteiger charge is -2.35. The highest BCUT2D eigenvalue weighted by atomic mass is 35.5. The quantitative estimate of drug-likeness (QED) is 0.710. The van der Waals surface area contributed by atoms with E-state index >= 15 is 0 Å². The second kappa shape index (κ2) is 8.18. The lowest BCUT2D eigenvalue weighted by molar-refractivity contribution is -0.137. The average Bonchev–Trinajstić information content (AvgIpc) is 2.94. The van der Waals surface area contributed by atoms with Crippen molar-refractivity contribution in [2.24, 2.45) is 5.92 Å². The molecule has 1 aromatic rings. The normalized spacial score (nSPS) is 23.6. The minimum Gasteiger partial charge on any atom is -0.495 e. The van der Waals surface area contributed by atoms with Gasteiger partial charge in [0.15, 0.2) is 0 Å². The zero-order valence-electron chi connectivity index (χ0n) is 16.7. The van der Waals surface area contributed by atoms with Crippen LogP contribution in [0.1, 0.15) is 44.6 Å². The molecule has 2 fully saturated rings. The third-order valence-corrected chi connectivity index (χ3v) is 6.14. The van der Waals surface area contributed by atoms with Crippen LogP contribution in [0.2, 0.25) is 5.02 Å². The van der Waals surface area contributed by atoms with Crippen LogP contribution in [0.3, 0.4) is 0 Å². The molecule has 0 unspecified atom stereocenters. The summed E-state index contributed by atoms with van der Waals surface area (Å²) in [6, 6.07) is 2.64. The molecule has 0 spiro atoms. The summed E-state index contributed by atoms with van der Waals surface area (Å²) in [5.41, 5.74) is -0.274. The van der Waals surface area contributed by atoms with Crippen LogP contribution in [0.5, 0.6) is 5.75 Å². The molecule has 0 aromatic heterocycles. The minimum absolute atomic E-state index is 0.0331. The fourth-order valence-electron chi connectivity index (χ4n) is 4.14. The summed E-state index contributed by atoms with van der Waals surface area (Å²) in [5.74, 6) is -1.00. The van der Waals surface area contributed by atoms with E-state index in [1.54, 1.807) is 24.8 Å². The second-order valence-electron chi connectivity index (χ2n) is 7.96. The summed E-state index contributed by atoms with van der Waals surface area (Å²) in [6.07, 6.45) is 1.61. The first-order valence-electron chi connectivity index (χ1n) is 9.60. The van der Waals surface area contributed by atoms with Gasteiger partial charge in [-0.15, -0.1) is 0 Å². The molecule has 4 amide bonds. The van der Waals surface area contributed by atoms with Crippen molar-refractivity contribution in [2.45, 2.75) is 44.6 Å². The maximum Gasteiger partial charge on any atom is 0.322 e. The Balaban J connectivity index is 1.60. The van der Waals surface area contributed by atoms with Gasteiger partial charge in [0.25, 0.3) is 5.91 Å². The molecule has 2 heterocycles. The number of hydrogen-bond acceptors (Lipinski definition) is 4. The molecular weight excluding hydrogens is 401 g/mol. The molecule has 7 nitrogen and oxygen atoms in total. The summed E-state index contributed by atoms with van der Waals surface area (Å²) >= 11 is 5.90. The molecule has 2 aliphatic heterocycles. The summed E-state index contributed by atoms with van der Waals surface area (Å²) in [5, 5.41) is 4.77. The van der Waals surface area contributed by atoms with E-state index in [4.69, 9.17) is 16.3 Å². The van der Waals surface area contributed by atoms with Crippen molar-refractivity contribution in [1.29, 1.82) is 0 Å².